The Hall–Kier alpha value is -3.58. The summed E-state index contributed by atoms with van der Waals surface area (Å²) in [7, 11) is -0.743. The number of aromatic nitrogens is 1. The number of fused-ring (bicyclic) bond motifs is 1. The molecule has 1 amide bonds. The third-order valence-corrected chi connectivity index (χ3v) is 9.43. The molecule has 1 aliphatic rings. The van der Waals surface area contributed by atoms with E-state index in [9.17, 15) is 18.3 Å². The fourth-order valence-corrected chi connectivity index (χ4v) is 6.36. The molecule has 2 atom stereocenters. The topological polar surface area (TPSA) is 139 Å². The van der Waals surface area contributed by atoms with Gasteiger partial charge in [0.15, 0.2) is 5.76 Å². The first-order valence-electron chi connectivity index (χ1n) is 14.3. The number of rotatable bonds is 15. The second-order valence-corrected chi connectivity index (χ2v) is 12.6. The van der Waals surface area contributed by atoms with E-state index >= 15 is 0 Å². The molecular weight excluding hydrogens is 574 g/mol. The Morgan fingerprint density at radius 2 is 1.84 bits per heavy atom. The zero-order chi connectivity index (χ0) is 31.0. The summed E-state index contributed by atoms with van der Waals surface area (Å²) in [4.78, 5) is 16.4. The summed E-state index contributed by atoms with van der Waals surface area (Å²) in [6.07, 6.45) is 4.18. The standard InChI is InChI=1S/C31H41N3O8S/c1-21(2)23-17-29(31(36)32-12-11-22-20-33-28-10-7-25(40-4)19-27(22)28)42-30(18-23)41-16-14-34(13-15-35)43(37,38)26-8-5-24(39-3)6-9-26/h5-10,17,19-21,23,30,33,35H,11-16,18H2,1-4H3,(H,32,36)/t23-,30+/m0/s1. The van der Waals surface area contributed by atoms with Gasteiger partial charge in [-0.3, -0.25) is 4.79 Å². The van der Waals surface area contributed by atoms with E-state index in [-0.39, 0.29) is 54.7 Å². The Bertz CT molecular complexity index is 1500. The summed E-state index contributed by atoms with van der Waals surface area (Å²) in [5.74, 6) is 1.44. The van der Waals surface area contributed by atoms with Crippen LogP contribution in [0.1, 0.15) is 25.8 Å². The molecule has 0 radical (unpaired) electrons. The summed E-state index contributed by atoms with van der Waals surface area (Å²) in [6, 6.07) is 11.9. The number of hydrogen-bond donors (Lipinski definition) is 3. The predicted molar refractivity (Wildman–Crippen MR) is 162 cm³/mol. The highest BCUT2D eigenvalue weighted by Crippen LogP contribution is 2.29. The lowest BCUT2D eigenvalue weighted by atomic mass is 9.90. The van der Waals surface area contributed by atoms with Crippen molar-refractivity contribution in [2.24, 2.45) is 11.8 Å². The molecule has 11 nitrogen and oxygen atoms in total. The summed E-state index contributed by atoms with van der Waals surface area (Å²) >= 11 is 0. The van der Waals surface area contributed by atoms with Gasteiger partial charge in [-0.05, 0) is 72.4 Å². The van der Waals surface area contributed by atoms with Crippen molar-refractivity contribution in [3.63, 3.8) is 0 Å². The lowest BCUT2D eigenvalue weighted by Crippen LogP contribution is -2.38. The van der Waals surface area contributed by atoms with Crippen molar-refractivity contribution in [3.05, 3.63) is 66.1 Å². The zero-order valence-electron chi connectivity index (χ0n) is 25.0. The minimum absolute atomic E-state index is 0.00176. The number of sulfonamides is 1. The number of carbonyl (C=O) groups is 1. The molecule has 0 spiro atoms. The van der Waals surface area contributed by atoms with Crippen molar-refractivity contribution in [2.75, 3.05) is 47.1 Å². The van der Waals surface area contributed by atoms with Crippen molar-refractivity contribution >= 4 is 26.8 Å². The quantitative estimate of drug-likeness (QED) is 0.236. The highest BCUT2D eigenvalue weighted by atomic mass is 32.2. The largest absolute Gasteiger partial charge is 0.497 e. The Labute approximate surface area is 252 Å². The number of aromatic amines is 1. The first-order valence-corrected chi connectivity index (χ1v) is 15.8. The maximum Gasteiger partial charge on any atom is 0.286 e. The molecule has 3 N–H and O–H groups in total. The minimum atomic E-state index is -3.87. The second kappa shape index (κ2) is 14.7. The molecule has 2 aromatic carbocycles. The zero-order valence-corrected chi connectivity index (χ0v) is 25.9. The molecule has 2 heterocycles. The van der Waals surface area contributed by atoms with Gasteiger partial charge in [0.25, 0.3) is 5.91 Å². The summed E-state index contributed by atoms with van der Waals surface area (Å²) in [6.45, 7) is 4.12. The lowest BCUT2D eigenvalue weighted by molar-refractivity contribution is -0.150. The first-order chi connectivity index (χ1) is 20.7. The molecule has 0 saturated carbocycles. The molecule has 234 valence electrons. The van der Waals surface area contributed by atoms with E-state index in [2.05, 4.69) is 24.1 Å². The number of nitrogens with one attached hydrogen (secondary N) is 2. The van der Waals surface area contributed by atoms with Gasteiger partial charge in [-0.15, -0.1) is 0 Å². The highest BCUT2D eigenvalue weighted by molar-refractivity contribution is 7.89. The van der Waals surface area contributed by atoms with Gasteiger partial charge in [-0.1, -0.05) is 13.8 Å². The molecule has 0 saturated heterocycles. The molecule has 4 rings (SSSR count). The molecule has 0 aliphatic carbocycles. The number of hydrogen-bond acceptors (Lipinski definition) is 8. The van der Waals surface area contributed by atoms with Crippen molar-refractivity contribution in [3.8, 4) is 11.5 Å². The molecule has 0 fully saturated rings. The smallest absolute Gasteiger partial charge is 0.286 e. The molecular formula is C31H41N3O8S. The number of nitrogens with zero attached hydrogens (tertiary/aromatic N) is 1. The van der Waals surface area contributed by atoms with Gasteiger partial charge in [0.1, 0.15) is 11.5 Å². The van der Waals surface area contributed by atoms with Crippen molar-refractivity contribution in [2.45, 2.75) is 37.9 Å². The Balaban J connectivity index is 1.34. The lowest BCUT2D eigenvalue weighted by Gasteiger charge is -2.31. The van der Waals surface area contributed by atoms with E-state index in [1.807, 2.05) is 30.5 Å². The van der Waals surface area contributed by atoms with Gasteiger partial charge in [0.2, 0.25) is 16.3 Å². The van der Waals surface area contributed by atoms with Crippen LogP contribution in [0.2, 0.25) is 0 Å². The summed E-state index contributed by atoms with van der Waals surface area (Å²) in [5, 5.41) is 13.5. The molecule has 1 aromatic heterocycles. The van der Waals surface area contributed by atoms with E-state index in [4.69, 9.17) is 18.9 Å². The number of H-pyrrole nitrogens is 1. The van der Waals surface area contributed by atoms with E-state index in [0.29, 0.717) is 25.1 Å². The first kappa shape index (κ1) is 32.3. The van der Waals surface area contributed by atoms with Gasteiger partial charge in [-0.25, -0.2) is 8.42 Å². The number of amides is 1. The Morgan fingerprint density at radius 3 is 2.51 bits per heavy atom. The monoisotopic (exact) mass is 615 g/mol. The van der Waals surface area contributed by atoms with Crippen molar-refractivity contribution < 1.29 is 37.3 Å². The van der Waals surface area contributed by atoms with Crippen LogP contribution in [0.15, 0.2) is 65.4 Å². The van der Waals surface area contributed by atoms with Gasteiger partial charge in [0, 0.05) is 43.2 Å². The second-order valence-electron chi connectivity index (χ2n) is 10.6. The Morgan fingerprint density at radius 1 is 1.12 bits per heavy atom. The average Bonchev–Trinajstić information content (AvgIpc) is 3.42. The van der Waals surface area contributed by atoms with Crippen LogP contribution in [0.5, 0.6) is 11.5 Å². The van der Waals surface area contributed by atoms with Crippen LogP contribution in [0.3, 0.4) is 0 Å². The predicted octanol–water partition coefficient (Wildman–Crippen LogP) is 3.45. The maximum atomic E-state index is 13.2. The average molecular weight is 616 g/mol. The van der Waals surface area contributed by atoms with Gasteiger partial charge < -0.3 is 34.4 Å². The number of aliphatic hydroxyl groups is 1. The number of benzene rings is 2. The molecule has 0 bridgehead atoms. The normalized spacial score (nSPS) is 17.1. The summed E-state index contributed by atoms with van der Waals surface area (Å²) < 4.78 is 49.9. The fraction of sp³-hybridized carbons (Fsp3) is 0.452. The van der Waals surface area contributed by atoms with Crippen LogP contribution in [0, 0.1) is 11.8 Å². The van der Waals surface area contributed by atoms with Crippen molar-refractivity contribution in [1.29, 1.82) is 0 Å². The Kier molecular flexibility index (Phi) is 11.1. The number of ether oxygens (including phenoxy) is 4. The summed E-state index contributed by atoms with van der Waals surface area (Å²) in [5.41, 5.74) is 2.06. The van der Waals surface area contributed by atoms with Gasteiger partial charge in [0.05, 0.1) is 32.3 Å². The number of aliphatic hydroxyl groups excluding tert-OH is 1. The van der Waals surface area contributed by atoms with E-state index in [1.165, 1.54) is 23.5 Å². The van der Waals surface area contributed by atoms with Crippen LogP contribution < -0.4 is 14.8 Å². The molecule has 1 aliphatic heterocycles. The fourth-order valence-electron chi connectivity index (χ4n) is 4.95. The van der Waals surface area contributed by atoms with Crippen LogP contribution in [0.4, 0.5) is 0 Å². The number of carbonyl (C=O) groups excluding carboxylic acids is 1. The van der Waals surface area contributed by atoms with Crippen LogP contribution >= 0.6 is 0 Å². The van der Waals surface area contributed by atoms with Crippen LogP contribution in [-0.2, 0) is 30.7 Å². The number of allylic oxidation sites excluding steroid dienone is 1. The van der Waals surface area contributed by atoms with E-state index in [0.717, 1.165) is 22.2 Å². The SMILES string of the molecule is COc1ccc(S(=O)(=O)N(CCO)CCO[C@H]2C[C@@H](C(C)C)C=C(C(=O)NCCc3c[nH]c4ccc(OC)cc34)O2)cc1. The highest BCUT2D eigenvalue weighted by Gasteiger charge is 2.30. The maximum absolute atomic E-state index is 13.2. The van der Waals surface area contributed by atoms with E-state index < -0.39 is 16.3 Å². The molecule has 12 heteroatoms. The molecule has 43 heavy (non-hydrogen) atoms. The van der Waals surface area contributed by atoms with E-state index in [1.54, 1.807) is 19.2 Å². The third-order valence-electron chi connectivity index (χ3n) is 7.51. The van der Waals surface area contributed by atoms with Crippen LogP contribution in [0.25, 0.3) is 10.9 Å². The number of methoxy groups -OCH3 is 2. The third kappa shape index (κ3) is 8.08. The van der Waals surface area contributed by atoms with Crippen molar-refractivity contribution in [1.82, 2.24) is 14.6 Å². The van der Waals surface area contributed by atoms with Gasteiger partial charge >= 0.3 is 0 Å². The van der Waals surface area contributed by atoms with Gasteiger partial charge in [-0.2, -0.15) is 4.31 Å². The molecule has 3 aromatic rings. The minimum Gasteiger partial charge on any atom is -0.497 e. The van der Waals surface area contributed by atoms with Crippen LogP contribution in [-0.4, -0.2) is 82.1 Å². The molecule has 0 unspecified atom stereocenters.